The van der Waals surface area contributed by atoms with E-state index in [1.807, 2.05) is 36.7 Å². The number of hydrogen-bond acceptors (Lipinski definition) is 7. The van der Waals surface area contributed by atoms with Gasteiger partial charge < -0.3 is 24.6 Å². The van der Waals surface area contributed by atoms with Crippen molar-refractivity contribution in [1.29, 1.82) is 0 Å². The lowest BCUT2D eigenvalue weighted by Gasteiger charge is -2.27. The predicted molar refractivity (Wildman–Crippen MR) is 137 cm³/mol. The van der Waals surface area contributed by atoms with Gasteiger partial charge in [-0.3, -0.25) is 0 Å². The third-order valence-electron chi connectivity index (χ3n) is 7.05. The Morgan fingerprint density at radius 1 is 0.971 bits per heavy atom. The summed E-state index contributed by atoms with van der Waals surface area (Å²) in [5, 5.41) is 13.7. The number of nitrogens with zero attached hydrogens (tertiary/aromatic N) is 5. The number of morpholine rings is 1. The van der Waals surface area contributed by atoms with Gasteiger partial charge in [-0.25, -0.2) is 4.98 Å². The van der Waals surface area contributed by atoms with Crippen LogP contribution in [0.15, 0.2) is 54.9 Å². The van der Waals surface area contributed by atoms with Crippen LogP contribution in [0.4, 0.5) is 11.8 Å². The van der Waals surface area contributed by atoms with Gasteiger partial charge in [0.2, 0.25) is 5.95 Å². The number of aromatic nitrogens is 4. The van der Waals surface area contributed by atoms with E-state index in [1.165, 1.54) is 25.7 Å². The Hall–Kier alpha value is -3.65. The highest BCUT2D eigenvalue weighted by Crippen LogP contribution is 2.34. The molecule has 8 nitrogen and oxygen atoms in total. The van der Waals surface area contributed by atoms with Gasteiger partial charge in [0.25, 0.3) is 0 Å². The lowest BCUT2D eigenvalue weighted by atomic mass is 10.0. The minimum Gasteiger partial charge on any atom is -0.507 e. The topological polar surface area (TPSA) is 88.3 Å². The standard InChI is InChI=1S/C27H30N6O2/c34-23-8-4-3-7-22(23)20-11-9-19(10-12-20)17-28-25-24-26(33(18-29-24)21-5-1-2-6-21)31-27(30-25)32-13-15-35-16-14-32/h3-4,7-12,18,21,34H,1-2,5-6,13-17H2,(H,28,30,31). The van der Waals surface area contributed by atoms with Gasteiger partial charge in [0, 0.05) is 31.2 Å². The molecule has 1 saturated heterocycles. The maximum absolute atomic E-state index is 10.2. The first-order valence-electron chi connectivity index (χ1n) is 12.4. The van der Waals surface area contributed by atoms with Crippen LogP contribution in [0.5, 0.6) is 5.75 Å². The highest BCUT2D eigenvalue weighted by atomic mass is 16.5. The minimum absolute atomic E-state index is 0.287. The molecule has 0 atom stereocenters. The van der Waals surface area contributed by atoms with Gasteiger partial charge in [-0.2, -0.15) is 9.97 Å². The predicted octanol–water partition coefficient (Wildman–Crippen LogP) is 4.76. The summed E-state index contributed by atoms with van der Waals surface area (Å²) in [6, 6.07) is 16.1. The summed E-state index contributed by atoms with van der Waals surface area (Å²) in [6.07, 6.45) is 6.80. The van der Waals surface area contributed by atoms with Crippen molar-refractivity contribution in [2.75, 3.05) is 36.5 Å². The first kappa shape index (κ1) is 21.9. The van der Waals surface area contributed by atoms with Gasteiger partial charge in [-0.05, 0) is 30.0 Å². The van der Waals surface area contributed by atoms with Crippen LogP contribution in [0.2, 0.25) is 0 Å². The van der Waals surface area contributed by atoms with Crippen LogP contribution in [0.1, 0.15) is 37.3 Å². The Balaban J connectivity index is 1.28. The van der Waals surface area contributed by atoms with E-state index in [4.69, 9.17) is 19.7 Å². The molecule has 1 aliphatic heterocycles. The number of hydrogen-bond donors (Lipinski definition) is 2. The number of phenols is 1. The summed E-state index contributed by atoms with van der Waals surface area (Å²) < 4.78 is 7.79. The van der Waals surface area contributed by atoms with Crippen LogP contribution >= 0.6 is 0 Å². The Morgan fingerprint density at radius 3 is 2.51 bits per heavy atom. The molecule has 0 amide bonds. The van der Waals surface area contributed by atoms with Crippen LogP contribution in [-0.4, -0.2) is 50.9 Å². The highest BCUT2D eigenvalue weighted by molar-refractivity contribution is 5.84. The monoisotopic (exact) mass is 470 g/mol. The van der Waals surface area contributed by atoms with Crippen LogP contribution in [0, 0.1) is 0 Å². The number of ether oxygens (including phenoxy) is 1. The summed E-state index contributed by atoms with van der Waals surface area (Å²) in [4.78, 5) is 16.8. The van der Waals surface area contributed by atoms with Gasteiger partial charge >= 0.3 is 0 Å². The number of fused-ring (bicyclic) bond motifs is 1. The molecule has 2 aromatic carbocycles. The SMILES string of the molecule is Oc1ccccc1-c1ccc(CNc2nc(N3CCOCC3)nc3c2ncn3C2CCCC2)cc1. The molecule has 2 aliphatic rings. The summed E-state index contributed by atoms with van der Waals surface area (Å²) >= 11 is 0. The van der Waals surface area contributed by atoms with E-state index in [0.29, 0.717) is 25.8 Å². The van der Waals surface area contributed by atoms with Crippen molar-refractivity contribution in [3.05, 3.63) is 60.4 Å². The normalized spacial score (nSPS) is 16.7. The Labute approximate surface area is 204 Å². The van der Waals surface area contributed by atoms with E-state index in [0.717, 1.165) is 52.7 Å². The van der Waals surface area contributed by atoms with Crippen molar-refractivity contribution in [3.8, 4) is 16.9 Å². The van der Waals surface area contributed by atoms with Crippen molar-refractivity contribution >= 4 is 22.9 Å². The second kappa shape index (κ2) is 9.54. The minimum atomic E-state index is 0.287. The Bertz CT molecular complexity index is 1310. The van der Waals surface area contributed by atoms with Gasteiger partial charge in [-0.1, -0.05) is 55.3 Å². The first-order valence-corrected chi connectivity index (χ1v) is 12.4. The summed E-state index contributed by atoms with van der Waals surface area (Å²) in [5.74, 6) is 1.78. The van der Waals surface area contributed by atoms with Crippen LogP contribution in [-0.2, 0) is 11.3 Å². The molecule has 180 valence electrons. The molecule has 0 radical (unpaired) electrons. The largest absolute Gasteiger partial charge is 0.507 e. The summed E-state index contributed by atoms with van der Waals surface area (Å²) in [6.45, 7) is 3.57. The number of aromatic hydroxyl groups is 1. The molecule has 1 aliphatic carbocycles. The summed E-state index contributed by atoms with van der Waals surface area (Å²) in [5.41, 5.74) is 4.67. The average Bonchev–Trinajstić information content (AvgIpc) is 3.58. The van der Waals surface area contributed by atoms with Crippen LogP contribution in [0.3, 0.4) is 0 Å². The average molecular weight is 471 g/mol. The molecule has 3 heterocycles. The van der Waals surface area contributed by atoms with Crippen molar-refractivity contribution in [2.24, 2.45) is 0 Å². The van der Waals surface area contributed by atoms with Crippen LogP contribution < -0.4 is 10.2 Å². The number of rotatable bonds is 6. The second-order valence-corrected chi connectivity index (χ2v) is 9.30. The summed E-state index contributed by atoms with van der Waals surface area (Å²) in [7, 11) is 0. The second-order valence-electron chi connectivity index (χ2n) is 9.30. The Kier molecular flexibility index (Phi) is 5.96. The molecule has 8 heteroatoms. The zero-order chi connectivity index (χ0) is 23.6. The number of phenolic OH excluding ortho intramolecular Hbond substituents is 1. The molecule has 0 unspecified atom stereocenters. The van der Waals surface area contributed by atoms with Gasteiger partial charge in [0.15, 0.2) is 17.0 Å². The molecule has 4 aromatic rings. The van der Waals surface area contributed by atoms with Crippen molar-refractivity contribution in [3.63, 3.8) is 0 Å². The van der Waals surface area contributed by atoms with Crippen LogP contribution in [0.25, 0.3) is 22.3 Å². The number of imidazole rings is 1. The quantitative estimate of drug-likeness (QED) is 0.420. The molecular formula is C27H30N6O2. The van der Waals surface area contributed by atoms with Gasteiger partial charge in [0.05, 0.1) is 19.5 Å². The molecule has 0 spiro atoms. The van der Waals surface area contributed by atoms with Crippen molar-refractivity contribution in [2.45, 2.75) is 38.3 Å². The lowest BCUT2D eigenvalue weighted by molar-refractivity contribution is 0.122. The molecule has 2 aromatic heterocycles. The molecule has 2 fully saturated rings. The first-order chi connectivity index (χ1) is 17.3. The van der Waals surface area contributed by atoms with E-state index < -0.39 is 0 Å². The van der Waals surface area contributed by atoms with E-state index >= 15 is 0 Å². The van der Waals surface area contributed by atoms with E-state index in [2.05, 4.69) is 26.9 Å². The lowest BCUT2D eigenvalue weighted by Crippen LogP contribution is -2.37. The van der Waals surface area contributed by atoms with Crippen molar-refractivity contribution in [1.82, 2.24) is 19.5 Å². The maximum Gasteiger partial charge on any atom is 0.229 e. The number of para-hydroxylation sites is 1. The molecular weight excluding hydrogens is 440 g/mol. The third-order valence-corrected chi connectivity index (χ3v) is 7.05. The maximum atomic E-state index is 10.2. The zero-order valence-corrected chi connectivity index (χ0v) is 19.7. The number of anilines is 2. The fourth-order valence-corrected chi connectivity index (χ4v) is 5.09. The number of nitrogens with one attached hydrogen (secondary N) is 1. The molecule has 35 heavy (non-hydrogen) atoms. The fraction of sp³-hybridized carbons (Fsp3) is 0.370. The van der Waals surface area contributed by atoms with E-state index in [-0.39, 0.29) is 5.75 Å². The van der Waals surface area contributed by atoms with Gasteiger partial charge in [-0.15, -0.1) is 0 Å². The molecule has 2 N–H and O–H groups in total. The molecule has 6 rings (SSSR count). The fourth-order valence-electron chi connectivity index (χ4n) is 5.09. The number of benzene rings is 2. The molecule has 1 saturated carbocycles. The van der Waals surface area contributed by atoms with E-state index in [9.17, 15) is 5.11 Å². The van der Waals surface area contributed by atoms with Gasteiger partial charge in [0.1, 0.15) is 5.75 Å². The highest BCUT2D eigenvalue weighted by Gasteiger charge is 2.23. The van der Waals surface area contributed by atoms with E-state index in [1.54, 1.807) is 6.07 Å². The third kappa shape index (κ3) is 4.41. The molecule has 0 bridgehead atoms. The smallest absolute Gasteiger partial charge is 0.229 e. The Morgan fingerprint density at radius 2 is 1.74 bits per heavy atom. The van der Waals surface area contributed by atoms with Crippen molar-refractivity contribution < 1.29 is 9.84 Å². The zero-order valence-electron chi connectivity index (χ0n) is 19.7.